The third-order valence-electron chi connectivity index (χ3n) is 11.1. The average molecular weight is 589 g/mol. The molecule has 0 radical (unpaired) electrons. The second-order valence-electron chi connectivity index (χ2n) is 13.8. The van der Waals surface area contributed by atoms with E-state index in [-0.39, 0.29) is 62.9 Å². The summed E-state index contributed by atoms with van der Waals surface area (Å²) in [4.78, 5) is 25.6. The molecule has 6 fully saturated rings. The lowest BCUT2D eigenvalue weighted by molar-refractivity contribution is -0.384. The normalized spacial score (nSPS) is 40.4. The van der Waals surface area contributed by atoms with E-state index in [9.17, 15) is 27.7 Å². The molecule has 0 aliphatic heterocycles. The molecule has 40 heavy (non-hydrogen) atoms. The highest BCUT2D eigenvalue weighted by Crippen LogP contribution is 2.86. The van der Waals surface area contributed by atoms with Gasteiger partial charge in [-0.3, -0.25) is 4.55 Å². The lowest BCUT2D eigenvalue weighted by atomic mass is 9.33. The smallest absolute Gasteiger partial charge is 0.363 e. The highest BCUT2D eigenvalue weighted by atomic mass is 32.2. The summed E-state index contributed by atoms with van der Waals surface area (Å²) in [5.41, 5.74) is -4.16. The van der Waals surface area contributed by atoms with Crippen molar-refractivity contribution in [3.05, 3.63) is 0 Å². The van der Waals surface area contributed by atoms with E-state index in [0.717, 1.165) is 38.5 Å². The minimum absolute atomic E-state index is 0.0698. The van der Waals surface area contributed by atoms with Gasteiger partial charge >= 0.3 is 27.1 Å². The summed E-state index contributed by atoms with van der Waals surface area (Å²) in [7, 11) is -5.38. The van der Waals surface area contributed by atoms with E-state index in [4.69, 9.17) is 18.9 Å². The van der Waals surface area contributed by atoms with E-state index >= 15 is 4.39 Å². The van der Waals surface area contributed by atoms with Crippen molar-refractivity contribution in [1.82, 2.24) is 0 Å². The van der Waals surface area contributed by atoms with Crippen LogP contribution < -0.4 is 0 Å². The SMILES string of the molecule is CC1(OCCOC(=O)COC23CC4(OC(=O)C(F)(CCC5CC5)S(=O)(=O)O)CC5CC(O)(C2)C53C4)CCCCC1. The highest BCUT2D eigenvalue weighted by molar-refractivity contribution is 7.87. The first-order valence-corrected chi connectivity index (χ1v) is 16.2. The molecule has 0 saturated heterocycles. The molecule has 6 aliphatic rings. The number of ether oxygens (including phenoxy) is 4. The molecule has 0 aromatic carbocycles. The fourth-order valence-corrected chi connectivity index (χ4v) is 9.69. The van der Waals surface area contributed by atoms with Crippen LogP contribution in [-0.4, -0.2) is 77.2 Å². The fourth-order valence-electron chi connectivity index (χ4n) is 9.06. The molecule has 2 bridgehead atoms. The van der Waals surface area contributed by atoms with Gasteiger partial charge in [-0.1, -0.05) is 32.1 Å². The molecule has 6 rings (SSSR count). The zero-order valence-electron chi connectivity index (χ0n) is 23.1. The minimum Gasteiger partial charge on any atom is -0.462 e. The van der Waals surface area contributed by atoms with Crippen molar-refractivity contribution < 1.29 is 51.0 Å². The second kappa shape index (κ2) is 9.33. The minimum atomic E-state index is -5.38. The molecule has 1 spiro atoms. The van der Waals surface area contributed by atoms with Crippen molar-refractivity contribution in [3.8, 4) is 0 Å². The maximum atomic E-state index is 15.6. The van der Waals surface area contributed by atoms with Crippen LogP contribution in [0.3, 0.4) is 0 Å². The quantitative estimate of drug-likeness (QED) is 0.187. The number of carbonyl (C=O) groups is 2. The Morgan fingerprint density at radius 2 is 1.75 bits per heavy atom. The molecule has 0 amide bonds. The third kappa shape index (κ3) is 4.34. The van der Waals surface area contributed by atoms with E-state index < -0.39 is 55.7 Å². The Morgan fingerprint density at radius 3 is 2.40 bits per heavy atom. The summed E-state index contributed by atoms with van der Waals surface area (Å²) in [6.45, 7) is 2.11. The summed E-state index contributed by atoms with van der Waals surface area (Å²) in [6, 6.07) is 0. The van der Waals surface area contributed by atoms with Crippen LogP contribution in [0.2, 0.25) is 0 Å². The predicted molar refractivity (Wildman–Crippen MR) is 137 cm³/mol. The van der Waals surface area contributed by atoms with Crippen molar-refractivity contribution in [2.75, 3.05) is 19.8 Å². The molecular weight excluding hydrogens is 547 g/mol. The number of hydrogen-bond donors (Lipinski definition) is 2. The number of alkyl halides is 1. The molecule has 12 heteroatoms. The van der Waals surface area contributed by atoms with Crippen molar-refractivity contribution in [2.24, 2.45) is 17.3 Å². The number of halogens is 1. The molecule has 6 saturated carbocycles. The van der Waals surface area contributed by atoms with Crippen LogP contribution in [0.5, 0.6) is 0 Å². The number of fused-ring (bicyclic) bond motifs is 1. The Balaban J connectivity index is 1.07. The van der Waals surface area contributed by atoms with Crippen LogP contribution in [0.25, 0.3) is 0 Å². The molecule has 2 N–H and O–H groups in total. The molecule has 0 aromatic rings. The van der Waals surface area contributed by atoms with Crippen LogP contribution in [0.1, 0.15) is 96.8 Å². The van der Waals surface area contributed by atoms with E-state index in [1.54, 1.807) is 0 Å². The molecule has 6 atom stereocenters. The zero-order valence-corrected chi connectivity index (χ0v) is 23.9. The Bertz CT molecular complexity index is 1170. The van der Waals surface area contributed by atoms with Gasteiger partial charge in [0, 0.05) is 24.7 Å². The van der Waals surface area contributed by atoms with Crippen LogP contribution in [-0.2, 0) is 38.7 Å². The first kappa shape index (κ1) is 28.8. The Morgan fingerprint density at radius 1 is 1.02 bits per heavy atom. The van der Waals surface area contributed by atoms with Crippen LogP contribution in [0.4, 0.5) is 4.39 Å². The highest BCUT2D eigenvalue weighted by Gasteiger charge is 2.92. The summed E-state index contributed by atoms with van der Waals surface area (Å²) >= 11 is 0. The first-order chi connectivity index (χ1) is 18.7. The Labute approximate surface area is 234 Å². The molecule has 0 aromatic heterocycles. The van der Waals surface area contributed by atoms with E-state index in [2.05, 4.69) is 6.92 Å². The first-order valence-electron chi connectivity index (χ1n) is 14.8. The largest absolute Gasteiger partial charge is 0.462 e. The monoisotopic (exact) mass is 588 g/mol. The van der Waals surface area contributed by atoms with Crippen molar-refractivity contribution in [2.45, 2.75) is 124 Å². The van der Waals surface area contributed by atoms with Gasteiger partial charge in [-0.2, -0.15) is 8.42 Å². The van der Waals surface area contributed by atoms with Gasteiger partial charge in [0.25, 0.3) is 0 Å². The molecule has 0 heterocycles. The molecule has 10 nitrogen and oxygen atoms in total. The number of esters is 2. The summed E-state index contributed by atoms with van der Waals surface area (Å²) < 4.78 is 72.3. The van der Waals surface area contributed by atoms with Gasteiger partial charge in [-0.25, -0.2) is 14.0 Å². The van der Waals surface area contributed by atoms with Gasteiger partial charge in [-0.05, 0) is 57.3 Å². The topological polar surface area (TPSA) is 146 Å². The summed E-state index contributed by atoms with van der Waals surface area (Å²) in [6.07, 6.45) is 7.95. The van der Waals surface area contributed by atoms with E-state index in [0.29, 0.717) is 12.8 Å². The van der Waals surface area contributed by atoms with Crippen LogP contribution >= 0.6 is 0 Å². The second-order valence-corrected chi connectivity index (χ2v) is 15.4. The number of aliphatic hydroxyl groups is 1. The lowest BCUT2D eigenvalue weighted by Crippen LogP contribution is -2.82. The van der Waals surface area contributed by atoms with Crippen molar-refractivity contribution in [1.29, 1.82) is 0 Å². The maximum Gasteiger partial charge on any atom is 0.363 e. The summed E-state index contributed by atoms with van der Waals surface area (Å²) in [5.74, 6) is -2.11. The van der Waals surface area contributed by atoms with Crippen LogP contribution in [0.15, 0.2) is 0 Å². The average Bonchev–Trinajstić information content (AvgIpc) is 3.60. The van der Waals surface area contributed by atoms with Gasteiger partial charge in [-0.15, -0.1) is 0 Å². The molecule has 226 valence electrons. The van der Waals surface area contributed by atoms with Gasteiger partial charge < -0.3 is 24.1 Å². The van der Waals surface area contributed by atoms with E-state index in [1.807, 2.05) is 0 Å². The standard InChI is InChI=1S/C28H41FO10S/c1-23(8-3-2-4-9-23)37-12-11-36-21(30)15-38-26-16-24(13-20-14-25(32,18-26)27(20,26)17-24)39-22(31)28(29,40(33,34)35)10-7-19-5-6-19/h19-20,32H,2-18H2,1H3,(H,33,34,35). The molecular formula is C28H41FO10S. The maximum absolute atomic E-state index is 15.6. The number of rotatable bonds is 13. The summed E-state index contributed by atoms with van der Waals surface area (Å²) in [5, 5.41) is 7.66. The zero-order chi connectivity index (χ0) is 28.7. The molecule has 6 unspecified atom stereocenters. The lowest BCUT2D eigenvalue weighted by Gasteiger charge is -2.76. The van der Waals surface area contributed by atoms with Gasteiger partial charge in [0.1, 0.15) is 18.8 Å². The Kier molecular flexibility index (Phi) is 6.71. The molecule has 6 aliphatic carbocycles. The van der Waals surface area contributed by atoms with Crippen LogP contribution in [0, 0.1) is 17.3 Å². The van der Waals surface area contributed by atoms with Gasteiger partial charge in [0.15, 0.2) is 0 Å². The fraction of sp³-hybridized carbons (Fsp3) is 0.929. The van der Waals surface area contributed by atoms with Crippen molar-refractivity contribution in [3.63, 3.8) is 0 Å². The third-order valence-corrected chi connectivity index (χ3v) is 12.3. The van der Waals surface area contributed by atoms with E-state index in [1.165, 1.54) is 6.42 Å². The van der Waals surface area contributed by atoms with Gasteiger partial charge in [0.2, 0.25) is 0 Å². The Hall–Kier alpha value is -1.34. The number of carbonyl (C=O) groups excluding carboxylic acids is 2. The van der Waals surface area contributed by atoms with Crippen molar-refractivity contribution >= 4 is 22.1 Å². The van der Waals surface area contributed by atoms with Gasteiger partial charge in [0.05, 0.1) is 23.4 Å². The number of hydrogen-bond acceptors (Lipinski definition) is 9. The predicted octanol–water partition coefficient (Wildman–Crippen LogP) is 3.39.